The van der Waals surface area contributed by atoms with Crippen LogP contribution in [-0.4, -0.2) is 52.6 Å². The largest absolute Gasteiger partial charge is 0.488 e. The molecule has 6 rings (SSSR count). The highest BCUT2D eigenvalue weighted by Crippen LogP contribution is 2.34. The lowest BCUT2D eigenvalue weighted by atomic mass is 9.89. The minimum absolute atomic E-state index is 0.0530. The lowest BCUT2D eigenvalue weighted by molar-refractivity contribution is -0.136. The van der Waals surface area contributed by atoms with E-state index in [9.17, 15) is 28.0 Å². The fraction of sp³-hybridized carbons (Fsp3) is 0.312. The number of carbonyl (C=O) groups is 4. The predicted molar refractivity (Wildman–Crippen MR) is 147 cm³/mol. The normalized spacial score (nSPS) is 19.7. The van der Waals surface area contributed by atoms with Gasteiger partial charge in [-0.3, -0.25) is 34.3 Å². The Bertz CT molecular complexity index is 1570. The summed E-state index contributed by atoms with van der Waals surface area (Å²) in [6, 6.07) is 15.5. The average molecular weight is 574 g/mol. The van der Waals surface area contributed by atoms with Crippen molar-refractivity contribution in [3.63, 3.8) is 0 Å². The Morgan fingerprint density at radius 2 is 1.60 bits per heavy atom. The minimum Gasteiger partial charge on any atom is -0.488 e. The van der Waals surface area contributed by atoms with Crippen molar-refractivity contribution in [1.82, 2.24) is 15.1 Å². The van der Waals surface area contributed by atoms with Crippen LogP contribution >= 0.6 is 0 Å². The number of benzene rings is 3. The molecule has 3 heterocycles. The molecule has 4 amide bonds. The van der Waals surface area contributed by atoms with Gasteiger partial charge in [-0.15, -0.1) is 0 Å². The van der Waals surface area contributed by atoms with Crippen LogP contribution in [0.2, 0.25) is 0 Å². The SMILES string of the molecule is O=C1CCC(N2C(=O)c3cccc(OCc4ccc(CN5CCC(c6ccc(F)cc6F)CC5)cc4)c3C2=O)C(=O)N1. The number of hydrogen-bond acceptors (Lipinski definition) is 6. The molecule has 216 valence electrons. The highest BCUT2D eigenvalue weighted by Gasteiger charge is 2.46. The van der Waals surface area contributed by atoms with Crippen molar-refractivity contribution in [1.29, 1.82) is 0 Å². The van der Waals surface area contributed by atoms with E-state index >= 15 is 0 Å². The molecule has 2 saturated heterocycles. The average Bonchev–Trinajstić information content (AvgIpc) is 3.23. The topological polar surface area (TPSA) is 96.0 Å². The van der Waals surface area contributed by atoms with Gasteiger partial charge < -0.3 is 4.74 Å². The van der Waals surface area contributed by atoms with E-state index < -0.39 is 41.3 Å². The van der Waals surface area contributed by atoms with E-state index in [2.05, 4.69) is 10.2 Å². The van der Waals surface area contributed by atoms with Gasteiger partial charge in [0.1, 0.15) is 30.0 Å². The molecule has 0 spiro atoms. The summed E-state index contributed by atoms with van der Waals surface area (Å²) in [5, 5.41) is 2.19. The summed E-state index contributed by atoms with van der Waals surface area (Å²) in [6.45, 7) is 2.55. The molecule has 2 fully saturated rings. The van der Waals surface area contributed by atoms with Crippen molar-refractivity contribution in [2.75, 3.05) is 13.1 Å². The standard InChI is InChI=1S/C32H29F2N3O5/c33-22-8-9-23(25(34)16-22)21-12-14-36(15-13-21)17-19-4-6-20(7-5-19)18-42-27-3-1-2-24-29(27)32(41)37(31(24)40)26-10-11-28(38)35-30(26)39/h1-9,16,21,26H,10-15,17-18H2,(H,35,38,39). The molecule has 3 aliphatic heterocycles. The number of carbonyl (C=O) groups excluding carboxylic acids is 4. The summed E-state index contributed by atoms with van der Waals surface area (Å²) in [4.78, 5) is 53.4. The molecule has 8 nitrogen and oxygen atoms in total. The van der Waals surface area contributed by atoms with Crippen LogP contribution in [0.25, 0.3) is 0 Å². The van der Waals surface area contributed by atoms with E-state index in [-0.39, 0.29) is 42.2 Å². The summed E-state index contributed by atoms with van der Waals surface area (Å²) in [5.41, 5.74) is 2.86. The number of halogens is 2. The van der Waals surface area contributed by atoms with Gasteiger partial charge in [-0.25, -0.2) is 8.78 Å². The van der Waals surface area contributed by atoms with Crippen molar-refractivity contribution >= 4 is 23.6 Å². The van der Waals surface area contributed by atoms with Gasteiger partial charge in [-0.1, -0.05) is 36.4 Å². The summed E-state index contributed by atoms with van der Waals surface area (Å²) in [7, 11) is 0. The Morgan fingerprint density at radius 3 is 2.31 bits per heavy atom. The van der Waals surface area contributed by atoms with Gasteiger partial charge in [-0.2, -0.15) is 0 Å². The van der Waals surface area contributed by atoms with E-state index in [4.69, 9.17) is 4.74 Å². The van der Waals surface area contributed by atoms with Crippen LogP contribution in [0.5, 0.6) is 5.75 Å². The van der Waals surface area contributed by atoms with Crippen LogP contribution in [-0.2, 0) is 22.7 Å². The molecule has 42 heavy (non-hydrogen) atoms. The monoisotopic (exact) mass is 573 g/mol. The number of fused-ring (bicyclic) bond motifs is 1. The molecule has 1 unspecified atom stereocenters. The maximum Gasteiger partial charge on any atom is 0.266 e. The summed E-state index contributed by atoms with van der Waals surface area (Å²) >= 11 is 0. The van der Waals surface area contributed by atoms with Crippen molar-refractivity contribution < 1.29 is 32.7 Å². The number of likely N-dealkylation sites (tertiary alicyclic amines) is 1. The zero-order valence-electron chi connectivity index (χ0n) is 22.8. The molecular formula is C32H29F2N3O5. The summed E-state index contributed by atoms with van der Waals surface area (Å²) < 4.78 is 33.4. The van der Waals surface area contributed by atoms with E-state index in [0.717, 1.165) is 54.6 Å². The molecule has 3 aliphatic rings. The number of piperidine rings is 2. The molecule has 1 atom stereocenters. The first-order chi connectivity index (χ1) is 20.3. The van der Waals surface area contributed by atoms with Crippen molar-refractivity contribution in [3.05, 3.63) is 100 Å². The highest BCUT2D eigenvalue weighted by molar-refractivity contribution is 6.24. The third kappa shape index (κ3) is 5.42. The fourth-order valence-corrected chi connectivity index (χ4v) is 6.00. The second-order valence-corrected chi connectivity index (χ2v) is 10.9. The van der Waals surface area contributed by atoms with Gasteiger partial charge in [0.25, 0.3) is 11.8 Å². The van der Waals surface area contributed by atoms with Crippen LogP contribution in [0.1, 0.15) is 69.0 Å². The molecule has 3 aromatic carbocycles. The zero-order chi connectivity index (χ0) is 29.4. The number of ether oxygens (including phenoxy) is 1. The van der Waals surface area contributed by atoms with Crippen LogP contribution < -0.4 is 10.1 Å². The Labute approximate surface area is 241 Å². The number of nitrogens with one attached hydrogen (secondary N) is 1. The smallest absolute Gasteiger partial charge is 0.266 e. The zero-order valence-corrected chi connectivity index (χ0v) is 22.8. The van der Waals surface area contributed by atoms with Gasteiger partial charge in [-0.05, 0) is 73.2 Å². The Kier molecular flexibility index (Phi) is 7.55. The van der Waals surface area contributed by atoms with Gasteiger partial charge in [0, 0.05) is 19.0 Å². The van der Waals surface area contributed by atoms with E-state index in [1.54, 1.807) is 18.2 Å². The number of hydrogen-bond donors (Lipinski definition) is 1. The van der Waals surface area contributed by atoms with E-state index in [1.165, 1.54) is 12.1 Å². The van der Waals surface area contributed by atoms with E-state index in [1.807, 2.05) is 24.3 Å². The number of amides is 4. The molecule has 0 aliphatic carbocycles. The van der Waals surface area contributed by atoms with Gasteiger partial charge in [0.05, 0.1) is 11.1 Å². The third-order valence-corrected chi connectivity index (χ3v) is 8.24. The quantitative estimate of drug-likeness (QED) is 0.423. The molecular weight excluding hydrogens is 544 g/mol. The maximum atomic E-state index is 14.2. The van der Waals surface area contributed by atoms with Crippen molar-refractivity contribution in [3.8, 4) is 5.75 Å². The fourth-order valence-electron chi connectivity index (χ4n) is 6.00. The van der Waals surface area contributed by atoms with Crippen LogP contribution in [0, 0.1) is 11.6 Å². The molecule has 3 aromatic rings. The first-order valence-corrected chi connectivity index (χ1v) is 14.0. The molecule has 0 aromatic heterocycles. The lowest BCUT2D eigenvalue weighted by Gasteiger charge is -2.32. The molecule has 0 saturated carbocycles. The highest BCUT2D eigenvalue weighted by atomic mass is 19.1. The van der Waals surface area contributed by atoms with Gasteiger partial charge in [0.15, 0.2) is 0 Å². The number of imide groups is 2. The number of nitrogens with zero attached hydrogens (tertiary/aromatic N) is 2. The van der Waals surface area contributed by atoms with Crippen LogP contribution in [0.15, 0.2) is 60.7 Å². The van der Waals surface area contributed by atoms with Gasteiger partial charge >= 0.3 is 0 Å². The minimum atomic E-state index is -1.04. The Morgan fingerprint density at radius 1 is 0.857 bits per heavy atom. The molecule has 1 N–H and O–H groups in total. The lowest BCUT2D eigenvalue weighted by Crippen LogP contribution is -2.54. The molecule has 0 radical (unpaired) electrons. The second-order valence-electron chi connectivity index (χ2n) is 10.9. The first kappa shape index (κ1) is 27.7. The molecule has 0 bridgehead atoms. The van der Waals surface area contributed by atoms with Crippen LogP contribution in [0.4, 0.5) is 8.78 Å². The molecule has 10 heteroatoms. The van der Waals surface area contributed by atoms with Crippen molar-refractivity contribution in [2.45, 2.75) is 50.8 Å². The third-order valence-electron chi connectivity index (χ3n) is 8.24. The Hall–Kier alpha value is -4.44. The van der Waals surface area contributed by atoms with Gasteiger partial charge in [0.2, 0.25) is 11.8 Å². The first-order valence-electron chi connectivity index (χ1n) is 14.0. The number of rotatable bonds is 7. The van der Waals surface area contributed by atoms with Crippen LogP contribution in [0.3, 0.4) is 0 Å². The summed E-state index contributed by atoms with van der Waals surface area (Å²) in [5.74, 6) is -2.97. The Balaban J connectivity index is 1.05. The summed E-state index contributed by atoms with van der Waals surface area (Å²) in [6.07, 6.45) is 1.75. The maximum absolute atomic E-state index is 14.2. The van der Waals surface area contributed by atoms with E-state index in [0.29, 0.717) is 5.56 Å². The van der Waals surface area contributed by atoms with Crippen molar-refractivity contribution in [2.24, 2.45) is 0 Å². The second kappa shape index (κ2) is 11.4. The predicted octanol–water partition coefficient (Wildman–Crippen LogP) is 4.32.